The molecule has 120 valence electrons. The zero-order chi connectivity index (χ0) is 16.7. The zero-order valence-electron chi connectivity index (χ0n) is 12.2. The monoisotopic (exact) mass is 335 g/mol. The normalized spacial score (nSPS) is 10.9. The predicted molar refractivity (Wildman–Crippen MR) is 87.0 cm³/mol. The van der Waals surface area contributed by atoms with E-state index in [1.165, 1.54) is 12.3 Å². The third kappa shape index (κ3) is 5.38. The highest BCUT2D eigenvalue weighted by Gasteiger charge is 2.06. The standard InChI is InChI=1S/C17H15ClFNO3/c18-15-7-5-12(6-8-15)13-3-4-14(16(19)10-13)11-23-20-9-1-2-17(21)22/h3-10H,1-2,11H2,(H,21,22). The number of benzene rings is 2. The molecule has 0 heterocycles. The van der Waals surface area contributed by atoms with Crippen molar-refractivity contribution in [1.82, 2.24) is 0 Å². The van der Waals surface area contributed by atoms with Crippen LogP contribution in [0.2, 0.25) is 5.02 Å². The van der Waals surface area contributed by atoms with Crippen LogP contribution in [0.5, 0.6) is 0 Å². The first-order chi connectivity index (χ1) is 11.1. The fourth-order valence-corrected chi connectivity index (χ4v) is 2.01. The van der Waals surface area contributed by atoms with Gasteiger partial charge in [-0.3, -0.25) is 4.79 Å². The number of hydrogen-bond acceptors (Lipinski definition) is 3. The largest absolute Gasteiger partial charge is 0.481 e. The Balaban J connectivity index is 1.94. The molecular weight excluding hydrogens is 321 g/mol. The maximum absolute atomic E-state index is 14.1. The highest BCUT2D eigenvalue weighted by molar-refractivity contribution is 6.30. The van der Waals surface area contributed by atoms with Crippen molar-refractivity contribution in [2.24, 2.45) is 5.16 Å². The lowest BCUT2D eigenvalue weighted by Crippen LogP contribution is -1.95. The summed E-state index contributed by atoms with van der Waals surface area (Å²) < 4.78 is 14.1. The Labute approximate surface area is 138 Å². The number of halogens is 2. The van der Waals surface area contributed by atoms with Gasteiger partial charge in [-0.1, -0.05) is 41.0 Å². The Bertz CT molecular complexity index is 701. The Hall–Kier alpha value is -2.40. The van der Waals surface area contributed by atoms with Gasteiger partial charge in [-0.2, -0.15) is 0 Å². The van der Waals surface area contributed by atoms with Gasteiger partial charge in [0.1, 0.15) is 12.4 Å². The minimum atomic E-state index is -0.903. The van der Waals surface area contributed by atoms with Gasteiger partial charge in [0.15, 0.2) is 0 Å². The molecule has 23 heavy (non-hydrogen) atoms. The first-order valence-electron chi connectivity index (χ1n) is 6.96. The predicted octanol–water partition coefficient (Wildman–Crippen LogP) is 4.51. The fourth-order valence-electron chi connectivity index (χ4n) is 1.89. The van der Waals surface area contributed by atoms with E-state index >= 15 is 0 Å². The minimum absolute atomic E-state index is 0.0169. The Morgan fingerprint density at radius 1 is 1.22 bits per heavy atom. The second-order valence-electron chi connectivity index (χ2n) is 4.81. The molecule has 0 unspecified atom stereocenters. The average Bonchev–Trinajstić information content (AvgIpc) is 2.52. The zero-order valence-corrected chi connectivity index (χ0v) is 13.0. The number of hydrogen-bond donors (Lipinski definition) is 1. The summed E-state index contributed by atoms with van der Waals surface area (Å²) in [6, 6.07) is 12.0. The molecule has 0 radical (unpaired) electrons. The third-order valence-corrected chi connectivity index (χ3v) is 3.34. The molecule has 0 aliphatic heterocycles. The molecule has 0 bridgehead atoms. The van der Waals surface area contributed by atoms with Crippen LogP contribution in [-0.2, 0) is 16.2 Å². The van der Waals surface area contributed by atoms with Crippen molar-refractivity contribution >= 4 is 23.8 Å². The van der Waals surface area contributed by atoms with Crippen LogP contribution in [0.1, 0.15) is 18.4 Å². The second kappa shape index (κ2) is 8.29. The molecule has 2 aromatic carbocycles. The minimum Gasteiger partial charge on any atom is -0.481 e. The molecular formula is C17H15ClFNO3. The maximum atomic E-state index is 14.1. The molecule has 0 aromatic heterocycles. The Morgan fingerprint density at radius 3 is 2.57 bits per heavy atom. The first kappa shape index (κ1) is 17.0. The van der Waals surface area contributed by atoms with Crippen molar-refractivity contribution in [1.29, 1.82) is 0 Å². The molecule has 4 nitrogen and oxygen atoms in total. The lowest BCUT2D eigenvalue weighted by Gasteiger charge is -2.06. The van der Waals surface area contributed by atoms with E-state index in [1.807, 2.05) is 12.1 Å². The topological polar surface area (TPSA) is 58.9 Å². The number of rotatable bonds is 7. The van der Waals surface area contributed by atoms with Crippen LogP contribution in [-0.4, -0.2) is 17.3 Å². The quantitative estimate of drug-likeness (QED) is 0.598. The summed E-state index contributed by atoms with van der Waals surface area (Å²) in [5, 5.41) is 12.7. The molecule has 0 saturated heterocycles. The summed E-state index contributed by atoms with van der Waals surface area (Å²) in [5.41, 5.74) is 1.98. The van der Waals surface area contributed by atoms with Gasteiger partial charge >= 0.3 is 5.97 Å². The van der Waals surface area contributed by atoms with Gasteiger partial charge in [-0.25, -0.2) is 4.39 Å². The van der Waals surface area contributed by atoms with Crippen LogP contribution < -0.4 is 0 Å². The molecule has 0 amide bonds. The lowest BCUT2D eigenvalue weighted by atomic mass is 10.0. The van der Waals surface area contributed by atoms with Crippen molar-refractivity contribution in [2.75, 3.05) is 0 Å². The first-order valence-corrected chi connectivity index (χ1v) is 7.34. The van der Waals surface area contributed by atoms with Gasteiger partial charge in [-0.15, -0.1) is 0 Å². The lowest BCUT2D eigenvalue weighted by molar-refractivity contribution is -0.136. The molecule has 0 fully saturated rings. The van der Waals surface area contributed by atoms with E-state index < -0.39 is 11.8 Å². The molecule has 0 aliphatic carbocycles. The van der Waals surface area contributed by atoms with Crippen molar-refractivity contribution in [3.8, 4) is 11.1 Å². The summed E-state index contributed by atoms with van der Waals surface area (Å²) >= 11 is 5.83. The number of nitrogens with zero attached hydrogens (tertiary/aromatic N) is 1. The second-order valence-corrected chi connectivity index (χ2v) is 5.24. The summed E-state index contributed by atoms with van der Waals surface area (Å²) in [6.45, 7) is -0.0176. The van der Waals surface area contributed by atoms with E-state index in [4.69, 9.17) is 21.5 Å². The van der Waals surface area contributed by atoms with Crippen LogP contribution in [0, 0.1) is 5.82 Å². The number of aliphatic carboxylic acids is 1. The van der Waals surface area contributed by atoms with E-state index in [1.54, 1.807) is 24.3 Å². The molecule has 2 rings (SSSR count). The summed E-state index contributed by atoms with van der Waals surface area (Å²) in [4.78, 5) is 15.3. The third-order valence-electron chi connectivity index (χ3n) is 3.09. The van der Waals surface area contributed by atoms with Crippen molar-refractivity contribution in [2.45, 2.75) is 19.4 Å². The van der Waals surface area contributed by atoms with E-state index in [0.717, 1.165) is 11.1 Å². The Kier molecular flexibility index (Phi) is 6.11. The summed E-state index contributed by atoms with van der Waals surface area (Å²) in [5.74, 6) is -1.29. The Morgan fingerprint density at radius 2 is 1.91 bits per heavy atom. The van der Waals surface area contributed by atoms with Crippen molar-refractivity contribution < 1.29 is 19.1 Å². The van der Waals surface area contributed by atoms with E-state index in [-0.39, 0.29) is 19.4 Å². The van der Waals surface area contributed by atoms with E-state index in [2.05, 4.69) is 5.16 Å². The molecule has 2 aromatic rings. The number of oxime groups is 1. The average molecular weight is 336 g/mol. The smallest absolute Gasteiger partial charge is 0.303 e. The molecule has 1 N–H and O–H groups in total. The van der Waals surface area contributed by atoms with Gasteiger partial charge in [0, 0.05) is 16.8 Å². The van der Waals surface area contributed by atoms with Crippen LogP contribution in [0.25, 0.3) is 11.1 Å². The van der Waals surface area contributed by atoms with E-state index in [0.29, 0.717) is 10.6 Å². The van der Waals surface area contributed by atoms with Crippen LogP contribution in [0.4, 0.5) is 4.39 Å². The molecule has 0 spiro atoms. The summed E-state index contributed by atoms with van der Waals surface area (Å²) in [6.07, 6.45) is 1.61. The van der Waals surface area contributed by atoms with E-state index in [9.17, 15) is 9.18 Å². The van der Waals surface area contributed by atoms with Gasteiger partial charge in [0.25, 0.3) is 0 Å². The SMILES string of the molecule is O=C(O)CCC=NOCc1ccc(-c2ccc(Cl)cc2)cc1F. The maximum Gasteiger partial charge on any atom is 0.303 e. The van der Waals surface area contributed by atoms with Crippen molar-refractivity contribution in [3.05, 3.63) is 58.9 Å². The van der Waals surface area contributed by atoms with Crippen molar-refractivity contribution in [3.63, 3.8) is 0 Å². The summed E-state index contributed by atoms with van der Waals surface area (Å²) in [7, 11) is 0. The van der Waals surface area contributed by atoms with Crippen LogP contribution >= 0.6 is 11.6 Å². The van der Waals surface area contributed by atoms with Gasteiger partial charge in [0.05, 0.1) is 6.42 Å². The van der Waals surface area contributed by atoms with Crippen LogP contribution in [0.15, 0.2) is 47.6 Å². The van der Waals surface area contributed by atoms with Crippen LogP contribution in [0.3, 0.4) is 0 Å². The molecule has 6 heteroatoms. The highest BCUT2D eigenvalue weighted by Crippen LogP contribution is 2.24. The molecule has 0 aliphatic rings. The molecule has 0 saturated carbocycles. The number of carboxylic acids is 1. The van der Waals surface area contributed by atoms with Gasteiger partial charge in [-0.05, 0) is 35.7 Å². The number of carbonyl (C=O) groups is 1. The highest BCUT2D eigenvalue weighted by atomic mass is 35.5. The molecule has 0 atom stereocenters. The van der Waals surface area contributed by atoms with Gasteiger partial charge in [0.2, 0.25) is 0 Å². The van der Waals surface area contributed by atoms with Gasteiger partial charge < -0.3 is 9.94 Å². The number of carboxylic acid groups (broad SMARTS) is 1. The fraction of sp³-hybridized carbons (Fsp3) is 0.176.